The quantitative estimate of drug-likeness (QED) is 0.761. The summed E-state index contributed by atoms with van der Waals surface area (Å²) in [5, 5.41) is 0. The number of amides is 1. The minimum atomic E-state index is 0.0978. The van der Waals surface area contributed by atoms with Crippen LogP contribution in [0.25, 0.3) is 0 Å². The molecule has 1 fully saturated rings. The van der Waals surface area contributed by atoms with Crippen LogP contribution in [-0.4, -0.2) is 53.9 Å². The van der Waals surface area contributed by atoms with E-state index in [0.717, 1.165) is 31.9 Å². The molecule has 1 aliphatic rings. The van der Waals surface area contributed by atoms with Crippen molar-refractivity contribution in [2.24, 2.45) is 0 Å². The second kappa shape index (κ2) is 7.11. The van der Waals surface area contributed by atoms with Gasteiger partial charge >= 0.3 is 0 Å². The summed E-state index contributed by atoms with van der Waals surface area (Å²) < 4.78 is 0. The largest absolute Gasteiger partial charge is 0.336 e. The maximum atomic E-state index is 12.1. The zero-order valence-electron chi connectivity index (χ0n) is 11.8. The predicted octanol–water partition coefficient (Wildman–Crippen LogP) is 1.80. The van der Waals surface area contributed by atoms with Gasteiger partial charge in [-0.2, -0.15) is 0 Å². The van der Waals surface area contributed by atoms with Gasteiger partial charge in [0.2, 0.25) is 0 Å². The first kappa shape index (κ1) is 14.6. The number of pyridine rings is 1. The average Bonchev–Trinajstić information content (AvgIpc) is 2.42. The summed E-state index contributed by atoms with van der Waals surface area (Å²) in [4.78, 5) is 20.4. The Labute approximate surface area is 110 Å². The molecular formula is C14H23N3O. The third kappa shape index (κ3) is 3.81. The summed E-state index contributed by atoms with van der Waals surface area (Å²) in [7, 11) is 2.08. The van der Waals surface area contributed by atoms with Crippen LogP contribution in [0.2, 0.25) is 0 Å². The molecule has 1 saturated heterocycles. The molecule has 2 rings (SSSR count). The van der Waals surface area contributed by atoms with Crippen molar-refractivity contribution in [3.05, 3.63) is 29.6 Å². The van der Waals surface area contributed by atoms with E-state index < -0.39 is 0 Å². The van der Waals surface area contributed by atoms with Crippen molar-refractivity contribution in [3.63, 3.8) is 0 Å². The third-order valence-electron chi connectivity index (χ3n) is 2.95. The SMILES string of the molecule is CC.Cc1ccc(C(=O)N2CCN(C)CC2)cn1. The molecule has 0 bridgehead atoms. The number of hydrogen-bond acceptors (Lipinski definition) is 3. The van der Waals surface area contributed by atoms with Gasteiger partial charge in [-0.15, -0.1) is 0 Å². The highest BCUT2D eigenvalue weighted by Crippen LogP contribution is 2.07. The predicted molar refractivity (Wildman–Crippen MR) is 73.7 cm³/mol. The van der Waals surface area contributed by atoms with E-state index in [2.05, 4.69) is 16.9 Å². The van der Waals surface area contributed by atoms with Crippen LogP contribution < -0.4 is 0 Å². The number of likely N-dealkylation sites (N-methyl/N-ethyl adjacent to an activating group) is 1. The molecule has 0 unspecified atom stereocenters. The Morgan fingerprint density at radius 1 is 1.17 bits per heavy atom. The molecule has 0 aliphatic carbocycles. The van der Waals surface area contributed by atoms with Crippen LogP contribution >= 0.6 is 0 Å². The van der Waals surface area contributed by atoms with Gasteiger partial charge in [0.25, 0.3) is 5.91 Å². The minimum Gasteiger partial charge on any atom is -0.336 e. The molecule has 1 aliphatic heterocycles. The highest BCUT2D eigenvalue weighted by molar-refractivity contribution is 5.94. The maximum absolute atomic E-state index is 12.1. The first-order valence-electron chi connectivity index (χ1n) is 6.57. The molecule has 4 heteroatoms. The van der Waals surface area contributed by atoms with Gasteiger partial charge in [0, 0.05) is 38.1 Å². The van der Waals surface area contributed by atoms with Gasteiger partial charge in [0.1, 0.15) is 0 Å². The Bertz CT molecular complexity index is 367. The molecule has 18 heavy (non-hydrogen) atoms. The lowest BCUT2D eigenvalue weighted by atomic mass is 10.2. The van der Waals surface area contributed by atoms with Crippen molar-refractivity contribution in [3.8, 4) is 0 Å². The number of piperazine rings is 1. The molecule has 100 valence electrons. The van der Waals surface area contributed by atoms with Crippen LogP contribution in [0.15, 0.2) is 18.3 Å². The zero-order chi connectivity index (χ0) is 13.5. The summed E-state index contributed by atoms with van der Waals surface area (Å²) >= 11 is 0. The van der Waals surface area contributed by atoms with Gasteiger partial charge < -0.3 is 9.80 Å². The second-order valence-corrected chi connectivity index (χ2v) is 4.28. The molecule has 4 nitrogen and oxygen atoms in total. The number of rotatable bonds is 1. The van der Waals surface area contributed by atoms with Crippen molar-refractivity contribution in [2.75, 3.05) is 33.2 Å². The highest BCUT2D eigenvalue weighted by Gasteiger charge is 2.20. The first-order valence-corrected chi connectivity index (χ1v) is 6.57. The molecule has 2 heterocycles. The fourth-order valence-corrected chi connectivity index (χ4v) is 1.79. The lowest BCUT2D eigenvalue weighted by Gasteiger charge is -2.32. The van der Waals surface area contributed by atoms with E-state index >= 15 is 0 Å². The molecule has 0 radical (unpaired) electrons. The van der Waals surface area contributed by atoms with Gasteiger partial charge in [-0.3, -0.25) is 9.78 Å². The molecule has 1 amide bonds. The van der Waals surface area contributed by atoms with Crippen LogP contribution in [0, 0.1) is 6.92 Å². The van der Waals surface area contributed by atoms with Crippen LogP contribution in [-0.2, 0) is 0 Å². The van der Waals surface area contributed by atoms with Crippen LogP contribution in [0.5, 0.6) is 0 Å². The first-order chi connectivity index (χ1) is 8.66. The number of hydrogen-bond donors (Lipinski definition) is 0. The normalized spacial score (nSPS) is 15.9. The van der Waals surface area contributed by atoms with E-state index in [9.17, 15) is 4.79 Å². The van der Waals surface area contributed by atoms with E-state index in [0.29, 0.717) is 5.56 Å². The summed E-state index contributed by atoms with van der Waals surface area (Å²) in [5.41, 5.74) is 1.63. The molecular weight excluding hydrogens is 226 g/mol. The summed E-state index contributed by atoms with van der Waals surface area (Å²) in [6, 6.07) is 3.73. The van der Waals surface area contributed by atoms with E-state index in [4.69, 9.17) is 0 Å². The molecule has 1 aromatic rings. The summed E-state index contributed by atoms with van der Waals surface area (Å²) in [6.07, 6.45) is 1.66. The Kier molecular flexibility index (Phi) is 5.78. The summed E-state index contributed by atoms with van der Waals surface area (Å²) in [6.45, 7) is 9.44. The van der Waals surface area contributed by atoms with Crippen molar-refractivity contribution >= 4 is 5.91 Å². The van der Waals surface area contributed by atoms with E-state index in [-0.39, 0.29) is 5.91 Å². The van der Waals surface area contributed by atoms with E-state index in [1.165, 1.54) is 0 Å². The molecule has 0 saturated carbocycles. The zero-order valence-corrected chi connectivity index (χ0v) is 11.8. The maximum Gasteiger partial charge on any atom is 0.255 e. The van der Waals surface area contributed by atoms with Gasteiger partial charge in [0.15, 0.2) is 0 Å². The monoisotopic (exact) mass is 249 g/mol. The smallest absolute Gasteiger partial charge is 0.255 e. The average molecular weight is 249 g/mol. The second-order valence-electron chi connectivity index (χ2n) is 4.28. The molecule has 0 N–H and O–H groups in total. The van der Waals surface area contributed by atoms with Crippen LogP contribution in [0.3, 0.4) is 0 Å². The van der Waals surface area contributed by atoms with Gasteiger partial charge in [0.05, 0.1) is 5.56 Å². The van der Waals surface area contributed by atoms with Crippen LogP contribution in [0.1, 0.15) is 29.9 Å². The lowest BCUT2D eigenvalue weighted by molar-refractivity contribution is 0.0663. The van der Waals surface area contributed by atoms with Crippen molar-refractivity contribution in [1.29, 1.82) is 0 Å². The van der Waals surface area contributed by atoms with E-state index in [1.54, 1.807) is 6.20 Å². The Hall–Kier alpha value is -1.42. The van der Waals surface area contributed by atoms with Gasteiger partial charge in [-0.05, 0) is 26.1 Å². The minimum absolute atomic E-state index is 0.0978. The Balaban J connectivity index is 0.000000771. The number of aryl methyl sites for hydroxylation is 1. The fraction of sp³-hybridized carbons (Fsp3) is 0.571. The molecule has 0 atom stereocenters. The Morgan fingerprint density at radius 2 is 1.78 bits per heavy atom. The van der Waals surface area contributed by atoms with Gasteiger partial charge in [-0.1, -0.05) is 13.8 Å². The van der Waals surface area contributed by atoms with Crippen molar-refractivity contribution < 1.29 is 4.79 Å². The van der Waals surface area contributed by atoms with E-state index in [1.807, 2.05) is 37.8 Å². The van der Waals surface area contributed by atoms with Crippen molar-refractivity contribution in [1.82, 2.24) is 14.8 Å². The standard InChI is InChI=1S/C12H17N3O.C2H6/c1-10-3-4-11(9-13-10)12(16)15-7-5-14(2)6-8-15;1-2/h3-4,9H,5-8H2,1-2H3;1-2H3. The fourth-order valence-electron chi connectivity index (χ4n) is 1.79. The number of nitrogens with zero attached hydrogens (tertiary/aromatic N) is 3. The highest BCUT2D eigenvalue weighted by atomic mass is 16.2. The molecule has 1 aromatic heterocycles. The van der Waals surface area contributed by atoms with Crippen molar-refractivity contribution in [2.45, 2.75) is 20.8 Å². The topological polar surface area (TPSA) is 36.4 Å². The van der Waals surface area contributed by atoms with Crippen LogP contribution in [0.4, 0.5) is 0 Å². The molecule has 0 spiro atoms. The lowest BCUT2D eigenvalue weighted by Crippen LogP contribution is -2.47. The number of carbonyl (C=O) groups excluding carboxylic acids is 1. The third-order valence-corrected chi connectivity index (χ3v) is 2.95. The Morgan fingerprint density at radius 3 is 2.28 bits per heavy atom. The number of aromatic nitrogens is 1. The van der Waals surface area contributed by atoms with Gasteiger partial charge in [-0.25, -0.2) is 0 Å². The molecule has 0 aromatic carbocycles. The summed E-state index contributed by atoms with van der Waals surface area (Å²) in [5.74, 6) is 0.0978. The number of carbonyl (C=O) groups is 1.